The van der Waals surface area contributed by atoms with Gasteiger partial charge in [-0.3, -0.25) is 4.79 Å². The van der Waals surface area contributed by atoms with Crippen molar-refractivity contribution in [2.24, 2.45) is 0 Å². The maximum Gasteiger partial charge on any atom is 0.225 e. The minimum Gasteiger partial charge on any atom is -0.383 e. The van der Waals surface area contributed by atoms with Gasteiger partial charge in [0.1, 0.15) is 0 Å². The van der Waals surface area contributed by atoms with Gasteiger partial charge in [-0.2, -0.15) is 4.31 Å². The first-order valence-electron chi connectivity index (χ1n) is 6.63. The quantitative estimate of drug-likeness (QED) is 0.783. The predicted molar refractivity (Wildman–Crippen MR) is 82.7 cm³/mol. The maximum absolute atomic E-state index is 11.8. The molecule has 7 heteroatoms. The van der Waals surface area contributed by atoms with Crippen LogP contribution in [0.25, 0.3) is 0 Å². The van der Waals surface area contributed by atoms with Gasteiger partial charge in [-0.1, -0.05) is 17.7 Å². The minimum absolute atomic E-state index is 0.102. The van der Waals surface area contributed by atoms with Crippen LogP contribution in [0.3, 0.4) is 0 Å². The van der Waals surface area contributed by atoms with E-state index >= 15 is 0 Å². The summed E-state index contributed by atoms with van der Waals surface area (Å²) in [6.45, 7) is 2.64. The number of benzene rings is 1. The van der Waals surface area contributed by atoms with Gasteiger partial charge in [-0.05, 0) is 19.1 Å². The molecule has 1 aromatic carbocycles. The average Bonchev–Trinajstić information content (AvgIpc) is 2.40. The van der Waals surface area contributed by atoms with Crippen molar-refractivity contribution in [3.05, 3.63) is 29.8 Å². The van der Waals surface area contributed by atoms with Gasteiger partial charge < -0.3 is 10.1 Å². The summed E-state index contributed by atoms with van der Waals surface area (Å²) in [5.74, 6) is -0.218. The standard InChI is InChI=1S/C14H22N2O4S/c1-12-4-6-13(7-5-12)15-14(17)8-9-16(10-11-20-2)21(3,18)19/h4-7H,8-11H2,1-3H3,(H,15,17). The maximum atomic E-state index is 11.8. The monoisotopic (exact) mass is 314 g/mol. The molecule has 1 N–H and O–H groups in total. The molecule has 0 aliphatic carbocycles. The van der Waals surface area contributed by atoms with Crippen LogP contribution in [0.15, 0.2) is 24.3 Å². The molecular weight excluding hydrogens is 292 g/mol. The highest BCUT2D eigenvalue weighted by atomic mass is 32.2. The molecule has 21 heavy (non-hydrogen) atoms. The fraction of sp³-hybridized carbons (Fsp3) is 0.500. The van der Waals surface area contributed by atoms with Crippen LogP contribution in [0.4, 0.5) is 5.69 Å². The van der Waals surface area contributed by atoms with Crippen LogP contribution < -0.4 is 5.32 Å². The van der Waals surface area contributed by atoms with E-state index in [1.807, 2.05) is 31.2 Å². The molecular formula is C14H22N2O4S. The molecule has 0 bridgehead atoms. The van der Waals surface area contributed by atoms with E-state index in [9.17, 15) is 13.2 Å². The molecule has 0 saturated carbocycles. The number of methoxy groups -OCH3 is 1. The van der Waals surface area contributed by atoms with Crippen molar-refractivity contribution in [1.82, 2.24) is 4.31 Å². The van der Waals surface area contributed by atoms with Gasteiger partial charge in [0.2, 0.25) is 15.9 Å². The van der Waals surface area contributed by atoms with Crippen molar-refractivity contribution in [3.8, 4) is 0 Å². The van der Waals surface area contributed by atoms with Crippen molar-refractivity contribution < 1.29 is 17.9 Å². The Bertz CT molecular complexity index is 555. The Morgan fingerprint density at radius 1 is 1.24 bits per heavy atom. The molecule has 118 valence electrons. The van der Waals surface area contributed by atoms with E-state index in [-0.39, 0.29) is 25.4 Å². The van der Waals surface area contributed by atoms with Gasteiger partial charge >= 0.3 is 0 Å². The van der Waals surface area contributed by atoms with E-state index in [0.29, 0.717) is 12.3 Å². The number of nitrogens with one attached hydrogen (secondary N) is 1. The lowest BCUT2D eigenvalue weighted by Crippen LogP contribution is -2.35. The van der Waals surface area contributed by atoms with Crippen LogP contribution in [0.2, 0.25) is 0 Å². The van der Waals surface area contributed by atoms with Crippen molar-refractivity contribution >= 4 is 21.6 Å². The fourth-order valence-electron chi connectivity index (χ4n) is 1.72. The van der Waals surface area contributed by atoms with E-state index in [1.54, 1.807) is 0 Å². The Balaban J connectivity index is 2.51. The van der Waals surface area contributed by atoms with E-state index in [1.165, 1.54) is 11.4 Å². The summed E-state index contributed by atoms with van der Waals surface area (Å²) in [6.07, 6.45) is 1.23. The van der Waals surface area contributed by atoms with Gasteiger partial charge in [0.15, 0.2) is 0 Å². The molecule has 0 heterocycles. The fourth-order valence-corrected chi connectivity index (χ4v) is 2.55. The lowest BCUT2D eigenvalue weighted by molar-refractivity contribution is -0.116. The Kier molecular flexibility index (Phi) is 6.80. The van der Waals surface area contributed by atoms with Gasteiger partial charge in [0, 0.05) is 32.3 Å². The van der Waals surface area contributed by atoms with Crippen molar-refractivity contribution in [2.45, 2.75) is 13.3 Å². The number of rotatable bonds is 8. The van der Waals surface area contributed by atoms with E-state index < -0.39 is 10.0 Å². The second-order valence-electron chi connectivity index (χ2n) is 4.82. The van der Waals surface area contributed by atoms with Crippen molar-refractivity contribution in [3.63, 3.8) is 0 Å². The number of ether oxygens (including phenoxy) is 1. The predicted octanol–water partition coefficient (Wildman–Crippen LogP) is 1.23. The second-order valence-corrected chi connectivity index (χ2v) is 6.80. The normalized spacial score (nSPS) is 11.6. The molecule has 0 aliphatic heterocycles. The zero-order chi connectivity index (χ0) is 15.9. The first-order valence-corrected chi connectivity index (χ1v) is 8.48. The van der Waals surface area contributed by atoms with Gasteiger partial charge in [0.05, 0.1) is 12.9 Å². The Morgan fingerprint density at radius 3 is 2.38 bits per heavy atom. The summed E-state index contributed by atoms with van der Waals surface area (Å²) < 4.78 is 29.3. The molecule has 1 rings (SSSR count). The third kappa shape index (κ3) is 6.70. The smallest absolute Gasteiger partial charge is 0.225 e. The molecule has 1 amide bonds. The molecule has 6 nitrogen and oxygen atoms in total. The van der Waals surface area contributed by atoms with Crippen molar-refractivity contribution in [1.29, 1.82) is 0 Å². The summed E-state index contributed by atoms with van der Waals surface area (Å²) in [5, 5.41) is 2.74. The molecule has 0 atom stereocenters. The van der Waals surface area contributed by atoms with Crippen LogP contribution >= 0.6 is 0 Å². The number of hydrogen-bond acceptors (Lipinski definition) is 4. The Labute approximate surface area is 126 Å². The zero-order valence-electron chi connectivity index (χ0n) is 12.6. The molecule has 0 saturated heterocycles. The largest absolute Gasteiger partial charge is 0.383 e. The second kappa shape index (κ2) is 8.11. The molecule has 0 aromatic heterocycles. The number of nitrogens with zero attached hydrogens (tertiary/aromatic N) is 1. The average molecular weight is 314 g/mol. The number of aryl methyl sites for hydroxylation is 1. The summed E-state index contributed by atoms with van der Waals surface area (Å²) in [5.41, 5.74) is 1.81. The highest BCUT2D eigenvalue weighted by Crippen LogP contribution is 2.09. The first kappa shape index (κ1) is 17.6. The number of sulfonamides is 1. The SMILES string of the molecule is COCCN(CCC(=O)Nc1ccc(C)cc1)S(C)(=O)=O. The van der Waals surface area contributed by atoms with Crippen LogP contribution in [0.5, 0.6) is 0 Å². The van der Waals surface area contributed by atoms with Gasteiger partial charge in [0.25, 0.3) is 0 Å². The highest BCUT2D eigenvalue weighted by molar-refractivity contribution is 7.88. The molecule has 0 spiro atoms. The Morgan fingerprint density at radius 2 is 1.86 bits per heavy atom. The molecule has 0 unspecified atom stereocenters. The summed E-state index contributed by atoms with van der Waals surface area (Å²) in [6, 6.07) is 7.42. The van der Waals surface area contributed by atoms with E-state index in [2.05, 4.69) is 5.32 Å². The number of anilines is 1. The van der Waals surface area contributed by atoms with Gasteiger partial charge in [-0.25, -0.2) is 8.42 Å². The highest BCUT2D eigenvalue weighted by Gasteiger charge is 2.17. The zero-order valence-corrected chi connectivity index (χ0v) is 13.4. The summed E-state index contributed by atoms with van der Waals surface area (Å²) >= 11 is 0. The number of carbonyl (C=O) groups is 1. The molecule has 0 aliphatic rings. The third-order valence-corrected chi connectivity index (χ3v) is 4.24. The van der Waals surface area contributed by atoms with Crippen LogP contribution in [-0.2, 0) is 19.6 Å². The van der Waals surface area contributed by atoms with Crippen molar-refractivity contribution in [2.75, 3.05) is 38.4 Å². The minimum atomic E-state index is -3.34. The van der Waals surface area contributed by atoms with E-state index in [4.69, 9.17) is 4.74 Å². The molecule has 0 radical (unpaired) electrons. The number of amides is 1. The topological polar surface area (TPSA) is 75.7 Å². The lowest BCUT2D eigenvalue weighted by Gasteiger charge is -2.19. The molecule has 1 aromatic rings. The van der Waals surface area contributed by atoms with E-state index in [0.717, 1.165) is 11.8 Å². The van der Waals surface area contributed by atoms with Crippen LogP contribution in [-0.4, -0.2) is 51.7 Å². The lowest BCUT2D eigenvalue weighted by atomic mass is 10.2. The first-order chi connectivity index (χ1) is 9.82. The third-order valence-electron chi connectivity index (χ3n) is 2.94. The Hall–Kier alpha value is -1.44. The molecule has 0 fully saturated rings. The van der Waals surface area contributed by atoms with Gasteiger partial charge in [-0.15, -0.1) is 0 Å². The van der Waals surface area contributed by atoms with Crippen LogP contribution in [0.1, 0.15) is 12.0 Å². The number of hydrogen-bond donors (Lipinski definition) is 1. The number of carbonyl (C=O) groups excluding carboxylic acids is 1. The van der Waals surface area contributed by atoms with Crippen LogP contribution in [0, 0.1) is 6.92 Å². The summed E-state index contributed by atoms with van der Waals surface area (Å²) in [4.78, 5) is 11.8. The summed E-state index contributed by atoms with van der Waals surface area (Å²) in [7, 11) is -1.83.